The van der Waals surface area contributed by atoms with E-state index in [0.29, 0.717) is 12.5 Å². The number of nitrogens with zero attached hydrogens (tertiary/aromatic N) is 1. The molecule has 1 aliphatic heterocycles. The molecule has 1 heterocycles. The second-order valence-electron chi connectivity index (χ2n) is 5.31. The number of aliphatic hydroxyl groups is 1. The molecule has 1 unspecified atom stereocenters. The Morgan fingerprint density at radius 2 is 2.15 bits per heavy atom. The Hall–Kier alpha value is -1.26. The number of anilines is 2. The number of likely N-dealkylation sites (N-methyl/N-ethyl adjacent to an activating group) is 1. The molecule has 2 N–H and O–H groups in total. The molecule has 1 aromatic rings. The van der Waals surface area contributed by atoms with Gasteiger partial charge in [-0.2, -0.15) is 0 Å². The highest BCUT2D eigenvalue weighted by Gasteiger charge is 2.13. The number of nitrogens with one attached hydrogen (secondary N) is 1. The zero-order valence-corrected chi connectivity index (χ0v) is 12.3. The third-order valence-electron chi connectivity index (χ3n) is 3.83. The molecule has 0 amide bonds. The maximum atomic E-state index is 9.05. The molecule has 0 aromatic heterocycles. The van der Waals surface area contributed by atoms with E-state index in [9.17, 15) is 0 Å². The molecule has 0 saturated carbocycles. The molecular weight excluding hydrogens is 252 g/mol. The van der Waals surface area contributed by atoms with Crippen LogP contribution in [0.1, 0.15) is 19.8 Å². The van der Waals surface area contributed by atoms with Crippen molar-refractivity contribution in [2.75, 3.05) is 49.7 Å². The summed E-state index contributed by atoms with van der Waals surface area (Å²) in [6, 6.07) is 8.44. The van der Waals surface area contributed by atoms with Crippen LogP contribution < -0.4 is 10.2 Å². The first-order chi connectivity index (χ1) is 9.83. The van der Waals surface area contributed by atoms with Gasteiger partial charge in [0.05, 0.1) is 13.2 Å². The highest BCUT2D eigenvalue weighted by molar-refractivity contribution is 5.55. The number of rotatable bonds is 7. The van der Waals surface area contributed by atoms with Crippen molar-refractivity contribution in [2.24, 2.45) is 5.92 Å². The van der Waals surface area contributed by atoms with Gasteiger partial charge in [-0.1, -0.05) is 0 Å². The second-order valence-corrected chi connectivity index (χ2v) is 5.31. The molecule has 0 bridgehead atoms. The zero-order chi connectivity index (χ0) is 14.2. The molecule has 4 nitrogen and oxygen atoms in total. The summed E-state index contributed by atoms with van der Waals surface area (Å²) in [5.74, 6) is 0.630. The Morgan fingerprint density at radius 3 is 2.75 bits per heavy atom. The van der Waals surface area contributed by atoms with Gasteiger partial charge in [0, 0.05) is 37.6 Å². The van der Waals surface area contributed by atoms with Crippen molar-refractivity contribution >= 4 is 11.4 Å². The summed E-state index contributed by atoms with van der Waals surface area (Å²) in [5.41, 5.74) is 2.31. The summed E-state index contributed by atoms with van der Waals surface area (Å²) < 4.78 is 5.49. The lowest BCUT2D eigenvalue weighted by Gasteiger charge is -2.24. The Kier molecular flexibility index (Phi) is 6.15. The topological polar surface area (TPSA) is 44.7 Å². The van der Waals surface area contributed by atoms with Crippen LogP contribution in [-0.4, -0.2) is 44.6 Å². The van der Waals surface area contributed by atoms with Crippen molar-refractivity contribution in [3.8, 4) is 0 Å². The van der Waals surface area contributed by atoms with Crippen molar-refractivity contribution < 1.29 is 9.84 Å². The summed E-state index contributed by atoms with van der Waals surface area (Å²) >= 11 is 0. The molecule has 1 aliphatic rings. The lowest BCUT2D eigenvalue weighted by atomic mass is 10.0. The van der Waals surface area contributed by atoms with E-state index in [2.05, 4.69) is 41.4 Å². The Morgan fingerprint density at radius 1 is 1.35 bits per heavy atom. The van der Waals surface area contributed by atoms with Gasteiger partial charge < -0.3 is 20.1 Å². The number of benzene rings is 1. The zero-order valence-electron chi connectivity index (χ0n) is 12.3. The second kappa shape index (κ2) is 8.12. The maximum Gasteiger partial charge on any atom is 0.0606 e. The predicted molar refractivity (Wildman–Crippen MR) is 83.4 cm³/mol. The van der Waals surface area contributed by atoms with E-state index < -0.39 is 0 Å². The first kappa shape index (κ1) is 15.1. The summed E-state index contributed by atoms with van der Waals surface area (Å²) in [7, 11) is 0. The van der Waals surface area contributed by atoms with Crippen LogP contribution in [0.15, 0.2) is 24.3 Å². The number of ether oxygens (including phenoxy) is 1. The average molecular weight is 278 g/mol. The first-order valence-corrected chi connectivity index (χ1v) is 7.61. The molecule has 2 rings (SSSR count). The van der Waals surface area contributed by atoms with Gasteiger partial charge in [0.15, 0.2) is 0 Å². The summed E-state index contributed by atoms with van der Waals surface area (Å²) in [4.78, 5) is 2.17. The van der Waals surface area contributed by atoms with Crippen LogP contribution in [0, 0.1) is 5.92 Å². The van der Waals surface area contributed by atoms with E-state index in [1.807, 2.05) is 0 Å². The van der Waals surface area contributed by atoms with E-state index in [4.69, 9.17) is 9.84 Å². The predicted octanol–water partition coefficient (Wildman–Crippen LogP) is 2.34. The van der Waals surface area contributed by atoms with Crippen LogP contribution in [-0.2, 0) is 4.74 Å². The summed E-state index contributed by atoms with van der Waals surface area (Å²) in [6.07, 6.45) is 2.43. The van der Waals surface area contributed by atoms with Crippen LogP contribution in [0.4, 0.5) is 11.4 Å². The Labute approximate surface area is 121 Å². The molecule has 0 aliphatic carbocycles. The van der Waals surface area contributed by atoms with Gasteiger partial charge in [-0.15, -0.1) is 0 Å². The van der Waals surface area contributed by atoms with Gasteiger partial charge >= 0.3 is 0 Å². The normalized spacial score (nSPS) is 18.8. The maximum absolute atomic E-state index is 9.05. The van der Waals surface area contributed by atoms with Gasteiger partial charge in [-0.3, -0.25) is 0 Å². The van der Waals surface area contributed by atoms with Crippen molar-refractivity contribution in [3.63, 3.8) is 0 Å². The molecule has 112 valence electrons. The van der Waals surface area contributed by atoms with Gasteiger partial charge in [0.1, 0.15) is 0 Å². The fraction of sp³-hybridized carbons (Fsp3) is 0.625. The van der Waals surface area contributed by atoms with Crippen molar-refractivity contribution in [2.45, 2.75) is 19.8 Å². The van der Waals surface area contributed by atoms with Gasteiger partial charge in [0.2, 0.25) is 0 Å². The Balaban J connectivity index is 1.84. The van der Waals surface area contributed by atoms with E-state index in [1.54, 1.807) is 0 Å². The minimum absolute atomic E-state index is 0.190. The molecule has 1 fully saturated rings. The lowest BCUT2D eigenvalue weighted by Crippen LogP contribution is -2.26. The van der Waals surface area contributed by atoms with Crippen LogP contribution in [0.5, 0.6) is 0 Å². The van der Waals surface area contributed by atoms with E-state index in [1.165, 1.54) is 12.8 Å². The number of aliphatic hydroxyl groups excluding tert-OH is 1. The minimum atomic E-state index is 0.190. The molecule has 0 radical (unpaired) electrons. The highest BCUT2D eigenvalue weighted by Crippen LogP contribution is 2.19. The largest absolute Gasteiger partial charge is 0.395 e. The Bertz CT molecular complexity index is 375. The highest BCUT2D eigenvalue weighted by atomic mass is 16.5. The molecule has 4 heteroatoms. The standard InChI is InChI=1S/C16H26N2O2/c1-2-18(9-10-19)16-7-5-15(6-8-16)17-12-14-4-3-11-20-13-14/h5-8,14,17,19H,2-4,9-13H2,1H3. The van der Waals surface area contributed by atoms with Crippen molar-refractivity contribution in [1.82, 2.24) is 0 Å². The molecule has 20 heavy (non-hydrogen) atoms. The van der Waals surface area contributed by atoms with Crippen molar-refractivity contribution in [1.29, 1.82) is 0 Å². The quantitative estimate of drug-likeness (QED) is 0.803. The number of hydrogen-bond donors (Lipinski definition) is 2. The SMILES string of the molecule is CCN(CCO)c1ccc(NCC2CCCOC2)cc1. The average Bonchev–Trinajstić information content (AvgIpc) is 2.52. The lowest BCUT2D eigenvalue weighted by molar-refractivity contribution is 0.0595. The van der Waals surface area contributed by atoms with Crippen LogP contribution in [0.2, 0.25) is 0 Å². The third kappa shape index (κ3) is 4.39. The smallest absolute Gasteiger partial charge is 0.0606 e. The molecule has 1 saturated heterocycles. The summed E-state index contributed by atoms with van der Waals surface area (Å²) in [5, 5.41) is 12.5. The van der Waals surface area contributed by atoms with E-state index in [-0.39, 0.29) is 6.61 Å². The number of hydrogen-bond acceptors (Lipinski definition) is 4. The molecule has 1 aromatic carbocycles. The molecular formula is C16H26N2O2. The van der Waals surface area contributed by atoms with Crippen LogP contribution >= 0.6 is 0 Å². The van der Waals surface area contributed by atoms with Gasteiger partial charge in [-0.25, -0.2) is 0 Å². The first-order valence-electron chi connectivity index (χ1n) is 7.61. The molecule has 0 spiro atoms. The third-order valence-corrected chi connectivity index (χ3v) is 3.83. The van der Waals surface area contributed by atoms with Crippen LogP contribution in [0.3, 0.4) is 0 Å². The van der Waals surface area contributed by atoms with Gasteiger partial charge in [0.25, 0.3) is 0 Å². The van der Waals surface area contributed by atoms with Crippen molar-refractivity contribution in [3.05, 3.63) is 24.3 Å². The monoisotopic (exact) mass is 278 g/mol. The van der Waals surface area contributed by atoms with E-state index >= 15 is 0 Å². The van der Waals surface area contributed by atoms with Crippen LogP contribution in [0.25, 0.3) is 0 Å². The summed E-state index contributed by atoms with van der Waals surface area (Å²) in [6.45, 7) is 6.66. The van der Waals surface area contributed by atoms with E-state index in [0.717, 1.165) is 37.7 Å². The fourth-order valence-corrected chi connectivity index (χ4v) is 2.61. The molecule has 1 atom stereocenters. The fourth-order valence-electron chi connectivity index (χ4n) is 2.61. The van der Waals surface area contributed by atoms with Gasteiger partial charge in [-0.05, 0) is 49.9 Å². The minimum Gasteiger partial charge on any atom is -0.395 e.